The van der Waals surface area contributed by atoms with Crippen LogP contribution in [0, 0.1) is 10.1 Å². The smallest absolute Gasteiger partial charge is 0.490 e. The van der Waals surface area contributed by atoms with Crippen LogP contribution >= 0.6 is 0 Å². The van der Waals surface area contributed by atoms with Gasteiger partial charge in [0.2, 0.25) is 0 Å². The summed E-state index contributed by atoms with van der Waals surface area (Å²) in [5, 5.41) is 11.5. The number of halogens is 3. The van der Waals surface area contributed by atoms with Gasteiger partial charge in [0.1, 0.15) is 36.6 Å². The van der Waals surface area contributed by atoms with Crippen LogP contribution in [-0.2, 0) is 13.2 Å². The van der Waals surface area contributed by atoms with E-state index in [0.29, 0.717) is 11.5 Å². The van der Waals surface area contributed by atoms with E-state index in [-0.39, 0.29) is 42.4 Å². The molecule has 1 fully saturated rings. The number of fused-ring (bicyclic) bond motifs is 1. The minimum atomic E-state index is -4.72. The molecule has 248 valence electrons. The van der Waals surface area contributed by atoms with Crippen LogP contribution in [0.3, 0.4) is 0 Å². The van der Waals surface area contributed by atoms with Crippen molar-refractivity contribution in [2.45, 2.75) is 51.2 Å². The van der Waals surface area contributed by atoms with E-state index in [1.54, 1.807) is 18.3 Å². The number of alkyl halides is 3. The van der Waals surface area contributed by atoms with E-state index in [9.17, 15) is 23.3 Å². The highest BCUT2D eigenvalue weighted by Crippen LogP contribution is 2.30. The fourth-order valence-corrected chi connectivity index (χ4v) is 5.84. The monoisotopic (exact) mass is 653 g/mol. The second-order valence-corrected chi connectivity index (χ2v) is 11.6. The Hall–Kier alpha value is -4.98. The van der Waals surface area contributed by atoms with Crippen molar-refractivity contribution in [1.29, 1.82) is 0 Å². The van der Waals surface area contributed by atoms with Crippen LogP contribution in [0.5, 0.6) is 23.3 Å². The Bertz CT molecular complexity index is 1630. The van der Waals surface area contributed by atoms with Gasteiger partial charge in [0, 0.05) is 55.2 Å². The molecule has 0 aliphatic carbocycles. The number of nitrogens with zero attached hydrogens (tertiary/aromatic N) is 5. The lowest BCUT2D eigenvalue weighted by molar-refractivity contribution is -0.553. The molecule has 4 aromatic rings. The van der Waals surface area contributed by atoms with E-state index in [2.05, 4.69) is 26.4 Å². The van der Waals surface area contributed by atoms with Crippen LogP contribution in [0.1, 0.15) is 30.6 Å². The maximum atomic E-state index is 12.4. The van der Waals surface area contributed by atoms with E-state index in [1.165, 1.54) is 22.9 Å². The van der Waals surface area contributed by atoms with Crippen molar-refractivity contribution in [3.05, 3.63) is 106 Å². The minimum absolute atomic E-state index is 0.177. The summed E-state index contributed by atoms with van der Waals surface area (Å²) in [6.45, 7) is 6.04. The number of nitro groups is 1. The summed E-state index contributed by atoms with van der Waals surface area (Å²) in [7, 11) is 0. The molecule has 0 spiro atoms. The van der Waals surface area contributed by atoms with Crippen molar-refractivity contribution < 1.29 is 37.0 Å². The third-order valence-electron chi connectivity index (χ3n) is 8.15. The predicted molar refractivity (Wildman–Crippen MR) is 165 cm³/mol. The first-order valence-corrected chi connectivity index (χ1v) is 15.2. The molecule has 0 amide bonds. The highest BCUT2D eigenvalue weighted by Gasteiger charge is 2.36. The normalized spacial score (nSPS) is 19.8. The van der Waals surface area contributed by atoms with Crippen LogP contribution in [0.25, 0.3) is 0 Å². The second kappa shape index (κ2) is 13.8. The number of ether oxygens (including phenoxy) is 4. The van der Waals surface area contributed by atoms with Gasteiger partial charge in [-0.15, -0.1) is 13.2 Å². The Morgan fingerprint density at radius 3 is 2.28 bits per heavy atom. The summed E-state index contributed by atoms with van der Waals surface area (Å²) in [5.74, 6) is 1.07. The SMILES string of the molecule is C[C@H]1CN(Cc2ccc(OCc3ccc(OC(F)(F)F)cc3)cc2)CCN1c1ccc(OCC2CC([N+](=O)[O-])n3ccnc3O2)cc1. The predicted octanol–water partition coefficient (Wildman–Crippen LogP) is 6.08. The van der Waals surface area contributed by atoms with E-state index in [1.807, 2.05) is 48.5 Å². The first kappa shape index (κ1) is 32.0. The van der Waals surface area contributed by atoms with E-state index in [4.69, 9.17) is 14.2 Å². The number of benzene rings is 3. The topological polar surface area (TPSA) is 104 Å². The number of hydrogen-bond acceptors (Lipinski definition) is 9. The zero-order valence-corrected chi connectivity index (χ0v) is 25.6. The molecular weight excluding hydrogens is 619 g/mol. The molecule has 2 aliphatic rings. The molecule has 2 aliphatic heterocycles. The summed E-state index contributed by atoms with van der Waals surface area (Å²) >= 11 is 0. The van der Waals surface area contributed by atoms with Crippen LogP contribution in [0.15, 0.2) is 85.2 Å². The van der Waals surface area contributed by atoms with Crippen molar-refractivity contribution in [2.75, 3.05) is 31.1 Å². The number of aromatic nitrogens is 2. The second-order valence-electron chi connectivity index (χ2n) is 11.6. The van der Waals surface area contributed by atoms with Crippen LogP contribution < -0.4 is 23.8 Å². The lowest BCUT2D eigenvalue weighted by Crippen LogP contribution is -2.51. The van der Waals surface area contributed by atoms with Gasteiger partial charge in [0.25, 0.3) is 6.17 Å². The van der Waals surface area contributed by atoms with Crippen molar-refractivity contribution in [1.82, 2.24) is 14.5 Å². The quantitative estimate of drug-likeness (QED) is 0.141. The van der Waals surface area contributed by atoms with E-state index >= 15 is 0 Å². The maximum absolute atomic E-state index is 12.4. The molecule has 6 rings (SSSR count). The number of imidazole rings is 1. The van der Waals surface area contributed by atoms with Gasteiger partial charge in [-0.3, -0.25) is 15.0 Å². The molecule has 0 saturated carbocycles. The number of piperazine rings is 1. The molecule has 11 nitrogen and oxygen atoms in total. The molecule has 47 heavy (non-hydrogen) atoms. The van der Waals surface area contributed by atoms with Gasteiger partial charge in [-0.2, -0.15) is 0 Å². The van der Waals surface area contributed by atoms with Gasteiger partial charge in [0.05, 0.1) is 6.42 Å². The van der Waals surface area contributed by atoms with Gasteiger partial charge in [-0.1, -0.05) is 24.3 Å². The molecule has 1 saturated heterocycles. The highest BCUT2D eigenvalue weighted by atomic mass is 19.4. The number of rotatable bonds is 11. The highest BCUT2D eigenvalue weighted by molar-refractivity contribution is 5.50. The van der Waals surface area contributed by atoms with Crippen LogP contribution in [0.4, 0.5) is 18.9 Å². The molecule has 3 aromatic carbocycles. The first-order chi connectivity index (χ1) is 22.6. The third-order valence-corrected chi connectivity index (χ3v) is 8.15. The lowest BCUT2D eigenvalue weighted by atomic mass is 10.1. The fourth-order valence-electron chi connectivity index (χ4n) is 5.84. The molecule has 3 atom stereocenters. The number of hydrogen-bond donors (Lipinski definition) is 0. The summed E-state index contributed by atoms with van der Waals surface area (Å²) < 4.78 is 59.9. The fraction of sp³-hybridized carbons (Fsp3) is 0.364. The molecule has 2 unspecified atom stereocenters. The molecular formula is C33H34F3N5O6. The average Bonchev–Trinajstić information content (AvgIpc) is 3.52. The standard InChI is InChI=1S/C33H34F3N5O6/c1-23-19-38(20-24-2-8-27(9-3-24)44-21-25-4-10-29(11-5-25)47-33(34,35)36)16-17-39(23)26-6-12-28(13-7-26)45-22-30-18-31(41(42)43)40-15-14-37-32(40)46-30/h2-15,23,30-31H,16-22H2,1H3/t23-,30?,31?/m0/s1. The Balaban J connectivity index is 0.941. The van der Waals surface area contributed by atoms with Crippen molar-refractivity contribution in [3.8, 4) is 23.3 Å². The maximum Gasteiger partial charge on any atom is 0.573 e. The van der Waals surface area contributed by atoms with Crippen LogP contribution in [0.2, 0.25) is 0 Å². The van der Waals surface area contributed by atoms with Crippen molar-refractivity contribution >= 4 is 5.69 Å². The molecule has 14 heteroatoms. The Labute approximate surface area is 269 Å². The average molecular weight is 654 g/mol. The summed E-state index contributed by atoms with van der Waals surface area (Å²) in [4.78, 5) is 20.0. The van der Waals surface area contributed by atoms with Gasteiger partial charge >= 0.3 is 12.4 Å². The third kappa shape index (κ3) is 8.25. The van der Waals surface area contributed by atoms with Crippen molar-refractivity contribution in [2.24, 2.45) is 0 Å². The van der Waals surface area contributed by atoms with E-state index < -0.39 is 18.6 Å². The van der Waals surface area contributed by atoms with Gasteiger partial charge in [-0.25, -0.2) is 9.55 Å². The van der Waals surface area contributed by atoms with Gasteiger partial charge in [0.15, 0.2) is 0 Å². The largest absolute Gasteiger partial charge is 0.573 e. The summed E-state index contributed by atoms with van der Waals surface area (Å²) in [6, 6.07) is 21.8. The first-order valence-electron chi connectivity index (χ1n) is 15.2. The van der Waals surface area contributed by atoms with Gasteiger partial charge in [-0.05, 0) is 66.6 Å². The summed E-state index contributed by atoms with van der Waals surface area (Å²) in [5.41, 5.74) is 2.98. The Morgan fingerprint density at radius 2 is 1.60 bits per heavy atom. The van der Waals surface area contributed by atoms with E-state index in [0.717, 1.165) is 43.0 Å². The lowest BCUT2D eigenvalue weighted by Gasteiger charge is -2.41. The van der Waals surface area contributed by atoms with Gasteiger partial charge < -0.3 is 23.8 Å². The molecule has 1 aromatic heterocycles. The summed E-state index contributed by atoms with van der Waals surface area (Å²) in [6.07, 6.45) is -2.90. The zero-order chi connectivity index (χ0) is 33.0. The number of anilines is 1. The Morgan fingerprint density at radius 1 is 0.936 bits per heavy atom. The molecule has 0 N–H and O–H groups in total. The Kier molecular flexibility index (Phi) is 9.38. The van der Waals surface area contributed by atoms with Crippen LogP contribution in [-0.4, -0.2) is 64.1 Å². The minimum Gasteiger partial charge on any atom is -0.490 e. The molecule has 0 bridgehead atoms. The zero-order valence-electron chi connectivity index (χ0n) is 25.6. The molecule has 0 radical (unpaired) electrons. The van der Waals surface area contributed by atoms with Crippen molar-refractivity contribution in [3.63, 3.8) is 0 Å². The molecule has 3 heterocycles.